The Morgan fingerprint density at radius 3 is 2.43 bits per heavy atom. The maximum Gasteiger partial charge on any atom is 0.412 e. The highest BCUT2D eigenvalue weighted by Crippen LogP contribution is 2.32. The topological polar surface area (TPSA) is 60.3 Å². The van der Waals surface area contributed by atoms with Gasteiger partial charge in [0.25, 0.3) is 0 Å². The summed E-state index contributed by atoms with van der Waals surface area (Å²) in [6, 6.07) is 5.69. The van der Waals surface area contributed by atoms with Crippen LogP contribution in [0.2, 0.25) is 0 Å². The highest BCUT2D eigenvalue weighted by Gasteiger charge is 2.18. The number of hydrogen-bond acceptors (Lipinski definition) is 4. The van der Waals surface area contributed by atoms with Gasteiger partial charge in [-0.1, -0.05) is 0 Å². The maximum absolute atomic E-state index is 12.0. The monoisotopic (exact) mass is 446 g/mol. The molecule has 1 aromatic heterocycles. The number of halogens is 1. The standard InChI is InChI=1S/C16H19IN2O3S/c1-9-6-11-7-13(10(2)20)19(23-17)14(11)8-12(9)18-15(21)22-16(3,4)5/h6-8H,1-5H3,(H,18,21). The number of rotatable bonds is 3. The number of nitrogens with zero attached hydrogens (tertiary/aromatic N) is 1. The van der Waals surface area contributed by atoms with E-state index in [0.29, 0.717) is 11.4 Å². The Kier molecular flexibility index (Phi) is 5.30. The first kappa shape index (κ1) is 18.1. The minimum atomic E-state index is -0.553. The van der Waals surface area contributed by atoms with E-state index in [2.05, 4.69) is 26.5 Å². The van der Waals surface area contributed by atoms with E-state index >= 15 is 0 Å². The summed E-state index contributed by atoms with van der Waals surface area (Å²) in [5, 5.41) is 3.74. The van der Waals surface area contributed by atoms with Gasteiger partial charge in [-0.3, -0.25) is 14.1 Å². The van der Waals surface area contributed by atoms with Crippen molar-refractivity contribution in [2.45, 2.75) is 40.2 Å². The van der Waals surface area contributed by atoms with Crippen molar-refractivity contribution in [3.63, 3.8) is 0 Å². The number of Topliss-reactive ketones (excluding diaryl/α,β-unsaturated/α-hetero) is 1. The van der Waals surface area contributed by atoms with Crippen molar-refractivity contribution in [2.24, 2.45) is 0 Å². The van der Waals surface area contributed by atoms with Crippen LogP contribution in [0.1, 0.15) is 43.7 Å². The first-order valence-electron chi connectivity index (χ1n) is 7.08. The molecule has 5 nitrogen and oxygen atoms in total. The van der Waals surface area contributed by atoms with Crippen molar-refractivity contribution in [1.29, 1.82) is 0 Å². The third kappa shape index (κ3) is 4.20. The minimum Gasteiger partial charge on any atom is -0.444 e. The van der Waals surface area contributed by atoms with Crippen molar-refractivity contribution in [3.8, 4) is 0 Å². The van der Waals surface area contributed by atoms with E-state index in [9.17, 15) is 9.59 Å². The zero-order valence-corrected chi connectivity index (χ0v) is 16.7. The summed E-state index contributed by atoms with van der Waals surface area (Å²) in [5.41, 5.74) is 2.54. The third-order valence-electron chi connectivity index (χ3n) is 3.17. The molecule has 7 heteroatoms. The number of ketones is 1. The summed E-state index contributed by atoms with van der Waals surface area (Å²) in [4.78, 5) is 23.8. The molecule has 2 aromatic rings. The van der Waals surface area contributed by atoms with Crippen molar-refractivity contribution < 1.29 is 14.3 Å². The smallest absolute Gasteiger partial charge is 0.412 e. The van der Waals surface area contributed by atoms with Crippen LogP contribution in [-0.4, -0.2) is 21.4 Å². The van der Waals surface area contributed by atoms with Gasteiger partial charge < -0.3 is 4.74 Å². The molecule has 0 radical (unpaired) electrons. The quantitative estimate of drug-likeness (QED) is 0.511. The van der Waals surface area contributed by atoms with Gasteiger partial charge in [-0.15, -0.1) is 0 Å². The molecule has 0 spiro atoms. The normalized spacial score (nSPS) is 11.6. The number of ether oxygens (including phenoxy) is 1. The number of carbonyl (C=O) groups is 2. The van der Waals surface area contributed by atoms with Crippen molar-refractivity contribution in [3.05, 3.63) is 29.5 Å². The van der Waals surface area contributed by atoms with E-state index in [1.807, 2.05) is 49.9 Å². The Morgan fingerprint density at radius 1 is 1.26 bits per heavy atom. The molecule has 0 bridgehead atoms. The van der Waals surface area contributed by atoms with Crippen LogP contribution in [0.5, 0.6) is 0 Å². The van der Waals surface area contributed by atoms with Gasteiger partial charge in [0.1, 0.15) is 5.60 Å². The molecular formula is C16H19IN2O3S. The second-order valence-corrected chi connectivity index (χ2v) is 7.99. The van der Waals surface area contributed by atoms with Crippen LogP contribution >= 0.6 is 30.3 Å². The molecule has 0 unspecified atom stereocenters. The lowest BCUT2D eigenvalue weighted by Crippen LogP contribution is -2.27. The van der Waals surface area contributed by atoms with Crippen LogP contribution in [0.25, 0.3) is 10.9 Å². The molecule has 0 aliphatic carbocycles. The second kappa shape index (κ2) is 6.72. The van der Waals surface area contributed by atoms with E-state index in [-0.39, 0.29) is 5.78 Å². The molecule has 1 heterocycles. The zero-order chi connectivity index (χ0) is 17.4. The molecule has 0 aliphatic rings. The average molecular weight is 446 g/mol. The zero-order valence-electron chi connectivity index (χ0n) is 13.7. The van der Waals surface area contributed by atoms with Crippen LogP contribution < -0.4 is 5.32 Å². The van der Waals surface area contributed by atoms with Crippen LogP contribution in [-0.2, 0) is 4.74 Å². The molecule has 0 saturated carbocycles. The fraction of sp³-hybridized carbons (Fsp3) is 0.375. The highest BCUT2D eigenvalue weighted by molar-refractivity contribution is 14.2. The minimum absolute atomic E-state index is 0.00432. The van der Waals surface area contributed by atoms with Gasteiger partial charge in [0, 0.05) is 48.3 Å². The molecule has 0 fully saturated rings. The number of aryl methyl sites for hydroxylation is 1. The van der Waals surface area contributed by atoms with Crippen LogP contribution in [0.15, 0.2) is 18.2 Å². The fourth-order valence-corrected chi connectivity index (χ4v) is 3.97. The van der Waals surface area contributed by atoms with Crippen LogP contribution in [0.4, 0.5) is 10.5 Å². The average Bonchev–Trinajstić information content (AvgIpc) is 2.74. The van der Waals surface area contributed by atoms with E-state index < -0.39 is 11.7 Å². The molecule has 0 saturated heterocycles. The molecule has 0 atom stereocenters. The summed E-state index contributed by atoms with van der Waals surface area (Å²) in [6.45, 7) is 8.91. The van der Waals surface area contributed by atoms with Gasteiger partial charge in [-0.25, -0.2) is 4.79 Å². The Balaban J connectivity index is 2.44. The molecule has 1 amide bonds. The van der Waals surface area contributed by atoms with Gasteiger partial charge in [0.15, 0.2) is 5.78 Å². The Labute approximate surface area is 151 Å². The van der Waals surface area contributed by atoms with Gasteiger partial charge in [-0.05, 0) is 51.5 Å². The summed E-state index contributed by atoms with van der Waals surface area (Å²) in [5.74, 6) is 0.00432. The molecule has 124 valence electrons. The lowest BCUT2D eigenvalue weighted by Gasteiger charge is -2.20. The van der Waals surface area contributed by atoms with E-state index in [1.165, 1.54) is 9.12 Å². The Bertz CT molecular complexity index is 778. The molecular weight excluding hydrogens is 427 g/mol. The van der Waals surface area contributed by atoms with E-state index in [0.717, 1.165) is 16.5 Å². The Morgan fingerprint density at radius 2 is 1.91 bits per heavy atom. The molecule has 23 heavy (non-hydrogen) atoms. The molecule has 1 aromatic carbocycles. The lowest BCUT2D eigenvalue weighted by molar-refractivity contribution is 0.0635. The lowest BCUT2D eigenvalue weighted by atomic mass is 10.1. The number of amides is 1. The van der Waals surface area contributed by atoms with E-state index in [4.69, 9.17) is 4.74 Å². The van der Waals surface area contributed by atoms with Gasteiger partial charge in [-0.2, -0.15) is 0 Å². The van der Waals surface area contributed by atoms with Gasteiger partial charge >= 0.3 is 6.09 Å². The number of anilines is 1. The summed E-state index contributed by atoms with van der Waals surface area (Å²) in [7, 11) is 1.43. The highest BCUT2D eigenvalue weighted by atomic mass is 127. The number of fused-ring (bicyclic) bond motifs is 1. The number of aromatic nitrogens is 1. The maximum atomic E-state index is 12.0. The number of hydrogen-bond donors (Lipinski definition) is 1. The number of benzene rings is 1. The summed E-state index contributed by atoms with van der Waals surface area (Å²) in [6.07, 6.45) is -0.494. The van der Waals surface area contributed by atoms with Crippen molar-refractivity contribution in [1.82, 2.24) is 3.97 Å². The molecule has 1 N–H and O–H groups in total. The second-order valence-electron chi connectivity index (χ2n) is 6.30. The molecule has 0 aliphatic heterocycles. The SMILES string of the molecule is CC(=O)c1cc2cc(C)c(NC(=O)OC(C)(C)C)cc2n1SI. The fourth-order valence-electron chi connectivity index (χ4n) is 2.21. The summed E-state index contributed by atoms with van der Waals surface area (Å²) < 4.78 is 7.15. The van der Waals surface area contributed by atoms with Gasteiger partial charge in [0.05, 0.1) is 11.2 Å². The predicted octanol–water partition coefficient (Wildman–Crippen LogP) is 5.35. The van der Waals surface area contributed by atoms with Crippen molar-refractivity contribution >= 4 is 58.8 Å². The number of carbonyl (C=O) groups excluding carboxylic acids is 2. The van der Waals surface area contributed by atoms with Crippen LogP contribution in [0.3, 0.4) is 0 Å². The molecule has 2 rings (SSSR count). The van der Waals surface area contributed by atoms with Crippen molar-refractivity contribution in [2.75, 3.05) is 5.32 Å². The number of nitrogens with one attached hydrogen (secondary N) is 1. The van der Waals surface area contributed by atoms with E-state index in [1.54, 1.807) is 6.92 Å². The first-order chi connectivity index (χ1) is 10.6. The Hall–Kier alpha value is -1.22. The summed E-state index contributed by atoms with van der Waals surface area (Å²) >= 11 is 2.14. The third-order valence-corrected chi connectivity index (χ3v) is 4.88. The van der Waals surface area contributed by atoms with Crippen LogP contribution in [0, 0.1) is 6.92 Å². The predicted molar refractivity (Wildman–Crippen MR) is 104 cm³/mol. The largest absolute Gasteiger partial charge is 0.444 e. The first-order valence-corrected chi connectivity index (χ1v) is 10.4. The van der Waals surface area contributed by atoms with Gasteiger partial charge in [0.2, 0.25) is 0 Å².